The molecule has 0 aliphatic rings. The summed E-state index contributed by atoms with van der Waals surface area (Å²) in [7, 11) is 0. The van der Waals surface area contributed by atoms with Crippen molar-refractivity contribution in [3.63, 3.8) is 0 Å². The van der Waals surface area contributed by atoms with E-state index < -0.39 is 67.8 Å². The monoisotopic (exact) mass is 688 g/mol. The average molecular weight is 689 g/mol. The Balaban J connectivity index is 2.29. The van der Waals surface area contributed by atoms with E-state index in [9.17, 15) is 36.9 Å². The third-order valence-corrected chi connectivity index (χ3v) is 8.90. The van der Waals surface area contributed by atoms with Crippen molar-refractivity contribution in [1.82, 2.24) is 0 Å². The van der Waals surface area contributed by atoms with Gasteiger partial charge in [0.05, 0.1) is 23.3 Å². The van der Waals surface area contributed by atoms with Crippen molar-refractivity contribution >= 4 is 11.6 Å². The molecule has 0 bridgehead atoms. The number of carbonyl (C=O) groups is 2. The molecular formula is C40H34F6N2O2. The van der Waals surface area contributed by atoms with Crippen LogP contribution in [-0.4, -0.2) is 11.6 Å². The number of benzene rings is 4. The fourth-order valence-electron chi connectivity index (χ4n) is 6.14. The second kappa shape index (κ2) is 12.9. The molecule has 50 heavy (non-hydrogen) atoms. The van der Waals surface area contributed by atoms with E-state index in [-0.39, 0.29) is 11.1 Å². The first-order valence-corrected chi connectivity index (χ1v) is 15.5. The second-order valence-corrected chi connectivity index (χ2v) is 14.1. The van der Waals surface area contributed by atoms with Gasteiger partial charge >= 0.3 is 12.4 Å². The molecule has 0 amide bonds. The number of Topliss-reactive ketones (excluding diaryl/α,β-unsaturated/α-hetero) is 2. The van der Waals surface area contributed by atoms with Crippen LogP contribution in [0.4, 0.5) is 26.3 Å². The Morgan fingerprint density at radius 2 is 0.720 bits per heavy atom. The van der Waals surface area contributed by atoms with Crippen LogP contribution in [0.15, 0.2) is 97.1 Å². The number of halogens is 6. The predicted molar refractivity (Wildman–Crippen MR) is 176 cm³/mol. The van der Waals surface area contributed by atoms with Crippen LogP contribution >= 0.6 is 0 Å². The van der Waals surface area contributed by atoms with Gasteiger partial charge in [-0.2, -0.15) is 36.9 Å². The van der Waals surface area contributed by atoms with Gasteiger partial charge in [-0.1, -0.05) is 126 Å². The lowest BCUT2D eigenvalue weighted by molar-refractivity contribution is -0.138. The molecule has 0 aromatic heterocycles. The summed E-state index contributed by atoms with van der Waals surface area (Å²) >= 11 is 0. The summed E-state index contributed by atoms with van der Waals surface area (Å²) < 4.78 is 86.8. The number of alkyl halides is 6. The zero-order valence-corrected chi connectivity index (χ0v) is 28.2. The lowest BCUT2D eigenvalue weighted by Gasteiger charge is -2.41. The minimum Gasteiger partial charge on any atom is -0.292 e. The van der Waals surface area contributed by atoms with E-state index in [2.05, 4.69) is 0 Å². The molecule has 258 valence electrons. The van der Waals surface area contributed by atoms with Crippen molar-refractivity contribution in [2.45, 2.75) is 75.6 Å². The molecule has 0 saturated carbocycles. The van der Waals surface area contributed by atoms with E-state index >= 15 is 9.59 Å². The summed E-state index contributed by atoms with van der Waals surface area (Å²) in [6.07, 6.45) is -10.2. The third-order valence-electron chi connectivity index (χ3n) is 8.90. The maximum atomic E-state index is 15.0. The minimum absolute atomic E-state index is 0.353. The summed E-state index contributed by atoms with van der Waals surface area (Å²) in [6, 6.07) is 21.8. The molecule has 0 aliphatic heterocycles. The van der Waals surface area contributed by atoms with Crippen LogP contribution in [0.5, 0.6) is 0 Å². The van der Waals surface area contributed by atoms with Gasteiger partial charge in [0.1, 0.15) is 0 Å². The maximum absolute atomic E-state index is 15.0. The first-order chi connectivity index (χ1) is 23.1. The van der Waals surface area contributed by atoms with Crippen molar-refractivity contribution < 1.29 is 35.9 Å². The Kier molecular flexibility index (Phi) is 9.71. The van der Waals surface area contributed by atoms with Gasteiger partial charge in [-0.3, -0.25) is 9.59 Å². The molecule has 0 N–H and O–H groups in total. The van der Waals surface area contributed by atoms with E-state index in [4.69, 9.17) is 0 Å². The Labute approximate surface area is 287 Å². The molecule has 2 atom stereocenters. The van der Waals surface area contributed by atoms with E-state index in [0.717, 1.165) is 36.4 Å². The highest BCUT2D eigenvalue weighted by Crippen LogP contribution is 2.51. The van der Waals surface area contributed by atoms with Crippen LogP contribution < -0.4 is 0 Å². The molecule has 4 aromatic carbocycles. The summed E-state index contributed by atoms with van der Waals surface area (Å²) in [5.74, 6) is -3.17. The van der Waals surface area contributed by atoms with Crippen LogP contribution in [0.1, 0.15) is 95.6 Å². The molecule has 10 heteroatoms. The first-order valence-electron chi connectivity index (χ1n) is 15.5. The van der Waals surface area contributed by atoms with Gasteiger partial charge in [-0.05, 0) is 45.2 Å². The zero-order chi connectivity index (χ0) is 37.5. The highest BCUT2D eigenvalue weighted by molar-refractivity contribution is 6.18. The standard InChI is InChI=1S/C40H34F6N2O2/c1-35(2,3)25-15-19-27(20-16-25)37(23-47,33(49)29-11-7-9-13-31(29)39(41,42)43)38(24-48,28-21-17-26(18-22-28)36(4,5)6)34(50)30-12-8-10-14-32(30)40(44,45)46/h7-22H,1-6H3. The SMILES string of the molecule is CC(C)(C)c1ccc(C(C#N)(C(=O)c2ccccc2C(F)(F)F)C(C#N)(C(=O)c2ccccc2C(F)(F)F)c2ccc(C(C)(C)C)cc2)cc1. The predicted octanol–water partition coefficient (Wildman–Crippen LogP) is 10.3. The van der Waals surface area contributed by atoms with Crippen molar-refractivity contribution in [2.75, 3.05) is 0 Å². The topological polar surface area (TPSA) is 81.7 Å². The van der Waals surface area contributed by atoms with Crippen LogP contribution in [0.2, 0.25) is 0 Å². The Bertz CT molecular complexity index is 1860. The maximum Gasteiger partial charge on any atom is 0.417 e. The van der Waals surface area contributed by atoms with Crippen molar-refractivity contribution in [2.24, 2.45) is 0 Å². The molecule has 0 spiro atoms. The minimum atomic E-state index is -5.12. The number of nitrogens with zero attached hydrogens (tertiary/aromatic N) is 2. The van der Waals surface area contributed by atoms with Gasteiger partial charge in [0, 0.05) is 11.1 Å². The molecule has 0 fully saturated rings. The number of rotatable bonds is 7. The summed E-state index contributed by atoms with van der Waals surface area (Å²) in [6.45, 7) is 11.2. The van der Waals surface area contributed by atoms with E-state index in [1.54, 1.807) is 12.1 Å². The first kappa shape index (κ1) is 37.6. The Morgan fingerprint density at radius 1 is 0.460 bits per heavy atom. The molecule has 2 unspecified atom stereocenters. The van der Waals surface area contributed by atoms with Gasteiger partial charge in [-0.25, -0.2) is 0 Å². The van der Waals surface area contributed by atoms with E-state index in [1.807, 2.05) is 41.5 Å². The van der Waals surface area contributed by atoms with Gasteiger partial charge in [0.15, 0.2) is 22.4 Å². The van der Waals surface area contributed by atoms with Gasteiger partial charge in [-0.15, -0.1) is 0 Å². The molecule has 4 nitrogen and oxygen atoms in total. The van der Waals surface area contributed by atoms with Gasteiger partial charge in [0.25, 0.3) is 0 Å². The summed E-state index contributed by atoms with van der Waals surface area (Å²) in [4.78, 5) is 30.0. The van der Waals surface area contributed by atoms with Crippen LogP contribution in [-0.2, 0) is 34.0 Å². The lowest BCUT2D eigenvalue weighted by atomic mass is 9.52. The largest absolute Gasteiger partial charge is 0.417 e. The third kappa shape index (κ3) is 6.43. The Hall–Kier alpha value is -5.22. The molecule has 0 saturated heterocycles. The van der Waals surface area contributed by atoms with E-state index in [0.29, 0.717) is 23.3 Å². The van der Waals surface area contributed by atoms with Crippen LogP contribution in [0.25, 0.3) is 0 Å². The summed E-state index contributed by atoms with van der Waals surface area (Å²) in [5.41, 5.74) is -11.6. The number of hydrogen-bond donors (Lipinski definition) is 0. The zero-order valence-electron chi connectivity index (χ0n) is 28.2. The van der Waals surface area contributed by atoms with Crippen molar-refractivity contribution in [3.05, 3.63) is 142 Å². The van der Waals surface area contributed by atoms with Crippen molar-refractivity contribution in [1.29, 1.82) is 10.5 Å². The fourth-order valence-corrected chi connectivity index (χ4v) is 6.14. The lowest BCUT2D eigenvalue weighted by Crippen LogP contribution is -2.58. The number of hydrogen-bond acceptors (Lipinski definition) is 4. The van der Waals surface area contributed by atoms with E-state index in [1.165, 1.54) is 48.5 Å². The molecule has 4 aromatic rings. The smallest absolute Gasteiger partial charge is 0.292 e. The van der Waals surface area contributed by atoms with Gasteiger partial charge < -0.3 is 0 Å². The normalized spacial score (nSPS) is 14.8. The van der Waals surface area contributed by atoms with Gasteiger partial charge in [0.2, 0.25) is 0 Å². The molecule has 4 rings (SSSR count). The Morgan fingerprint density at radius 3 is 0.960 bits per heavy atom. The quantitative estimate of drug-likeness (QED) is 0.143. The van der Waals surface area contributed by atoms with Crippen molar-refractivity contribution in [3.8, 4) is 12.1 Å². The molecule has 0 radical (unpaired) electrons. The molecule has 0 heterocycles. The summed E-state index contributed by atoms with van der Waals surface area (Å²) in [5, 5.41) is 22.5. The highest BCUT2D eigenvalue weighted by Gasteiger charge is 2.65. The molecule has 0 aliphatic carbocycles. The number of nitriles is 2. The molecular weight excluding hydrogens is 654 g/mol. The number of carbonyl (C=O) groups excluding carboxylic acids is 2. The highest BCUT2D eigenvalue weighted by atomic mass is 19.4. The fraction of sp³-hybridized carbons (Fsp3) is 0.300. The average Bonchev–Trinajstić information content (AvgIpc) is 3.05. The van der Waals surface area contributed by atoms with Crippen LogP contribution in [0, 0.1) is 22.7 Å². The number of ketones is 2. The second-order valence-electron chi connectivity index (χ2n) is 14.1. The van der Waals surface area contributed by atoms with Crippen LogP contribution in [0.3, 0.4) is 0 Å².